The third kappa shape index (κ3) is 1.48. The van der Waals surface area contributed by atoms with Crippen LogP contribution in [0.2, 0.25) is 0 Å². The maximum atomic E-state index is 3.77. The molecule has 3 rings (SSSR count). The van der Waals surface area contributed by atoms with Crippen LogP contribution in [0.25, 0.3) is 0 Å². The van der Waals surface area contributed by atoms with Crippen molar-refractivity contribution in [2.75, 3.05) is 13.1 Å². The molecule has 1 aromatic carbocycles. The van der Waals surface area contributed by atoms with Gasteiger partial charge < -0.3 is 10.6 Å². The van der Waals surface area contributed by atoms with E-state index < -0.39 is 0 Å². The molecular formula is C14H20N2. The summed E-state index contributed by atoms with van der Waals surface area (Å²) in [5, 5.41) is 7.39. The van der Waals surface area contributed by atoms with Crippen molar-refractivity contribution < 1.29 is 0 Å². The van der Waals surface area contributed by atoms with E-state index in [1.54, 1.807) is 0 Å². The molecule has 0 aromatic heterocycles. The van der Waals surface area contributed by atoms with Gasteiger partial charge in [-0.25, -0.2) is 0 Å². The standard InChI is InChI=1S/C14H20N2/c1-11-14(9-12-5-3-2-4-6-12)13(10-15-11)7-8-16-14/h2-6,11,13,15-16H,7-10H2,1H3. The number of fused-ring (bicyclic) bond motifs is 1. The van der Waals surface area contributed by atoms with Gasteiger partial charge in [0.25, 0.3) is 0 Å². The van der Waals surface area contributed by atoms with Crippen LogP contribution in [0.5, 0.6) is 0 Å². The molecular weight excluding hydrogens is 196 g/mol. The molecule has 2 aliphatic heterocycles. The van der Waals surface area contributed by atoms with Gasteiger partial charge in [-0.1, -0.05) is 30.3 Å². The van der Waals surface area contributed by atoms with Crippen molar-refractivity contribution in [3.8, 4) is 0 Å². The monoisotopic (exact) mass is 216 g/mol. The third-order valence-corrected chi connectivity index (χ3v) is 4.46. The smallest absolute Gasteiger partial charge is 0.0414 e. The summed E-state index contributed by atoms with van der Waals surface area (Å²) in [6, 6.07) is 11.5. The van der Waals surface area contributed by atoms with Gasteiger partial charge in [-0.2, -0.15) is 0 Å². The number of hydrogen-bond donors (Lipinski definition) is 2. The molecule has 0 saturated carbocycles. The fourth-order valence-electron chi connectivity index (χ4n) is 3.47. The van der Waals surface area contributed by atoms with E-state index >= 15 is 0 Å². The maximum absolute atomic E-state index is 3.77. The Morgan fingerprint density at radius 1 is 1.31 bits per heavy atom. The van der Waals surface area contributed by atoms with Gasteiger partial charge in [0.05, 0.1) is 0 Å². The van der Waals surface area contributed by atoms with Crippen molar-refractivity contribution in [2.24, 2.45) is 5.92 Å². The van der Waals surface area contributed by atoms with Crippen LogP contribution in [0.15, 0.2) is 30.3 Å². The molecule has 0 amide bonds. The van der Waals surface area contributed by atoms with Gasteiger partial charge in [0.2, 0.25) is 0 Å². The van der Waals surface area contributed by atoms with E-state index in [9.17, 15) is 0 Å². The summed E-state index contributed by atoms with van der Waals surface area (Å²) in [4.78, 5) is 0. The maximum Gasteiger partial charge on any atom is 0.0414 e. The molecule has 2 heteroatoms. The van der Waals surface area contributed by atoms with Crippen molar-refractivity contribution in [1.29, 1.82) is 0 Å². The average Bonchev–Trinajstić information content (AvgIpc) is 2.82. The highest BCUT2D eigenvalue weighted by Gasteiger charge is 2.50. The predicted molar refractivity (Wildman–Crippen MR) is 66.5 cm³/mol. The van der Waals surface area contributed by atoms with Crippen molar-refractivity contribution in [3.05, 3.63) is 35.9 Å². The van der Waals surface area contributed by atoms with Crippen LogP contribution >= 0.6 is 0 Å². The summed E-state index contributed by atoms with van der Waals surface area (Å²) in [6.07, 6.45) is 2.48. The summed E-state index contributed by atoms with van der Waals surface area (Å²) in [5.41, 5.74) is 1.76. The minimum atomic E-state index is 0.307. The molecule has 3 atom stereocenters. The zero-order chi connectivity index (χ0) is 11.0. The molecule has 2 N–H and O–H groups in total. The molecule has 0 aliphatic carbocycles. The van der Waals surface area contributed by atoms with Gasteiger partial charge in [0.1, 0.15) is 0 Å². The van der Waals surface area contributed by atoms with Crippen LogP contribution in [0.4, 0.5) is 0 Å². The third-order valence-electron chi connectivity index (χ3n) is 4.46. The number of nitrogens with one attached hydrogen (secondary N) is 2. The number of benzene rings is 1. The Bertz CT molecular complexity index is 362. The fraction of sp³-hybridized carbons (Fsp3) is 0.571. The first-order chi connectivity index (χ1) is 7.81. The van der Waals surface area contributed by atoms with Crippen LogP contribution < -0.4 is 10.6 Å². The topological polar surface area (TPSA) is 24.1 Å². The highest BCUT2D eigenvalue weighted by atomic mass is 15.2. The molecule has 16 heavy (non-hydrogen) atoms. The summed E-state index contributed by atoms with van der Waals surface area (Å²) in [6.45, 7) is 4.69. The highest BCUT2D eigenvalue weighted by molar-refractivity contribution is 5.23. The summed E-state index contributed by atoms with van der Waals surface area (Å²) >= 11 is 0. The Morgan fingerprint density at radius 3 is 2.94 bits per heavy atom. The molecule has 0 spiro atoms. The quantitative estimate of drug-likeness (QED) is 0.784. The van der Waals surface area contributed by atoms with Gasteiger partial charge in [-0.15, -0.1) is 0 Å². The second-order valence-corrected chi connectivity index (χ2v) is 5.25. The average molecular weight is 216 g/mol. The van der Waals surface area contributed by atoms with Crippen molar-refractivity contribution in [2.45, 2.75) is 31.3 Å². The van der Waals surface area contributed by atoms with Crippen LogP contribution in [0.3, 0.4) is 0 Å². The van der Waals surface area contributed by atoms with Gasteiger partial charge >= 0.3 is 0 Å². The molecule has 2 saturated heterocycles. The lowest BCUT2D eigenvalue weighted by Crippen LogP contribution is -2.53. The molecule has 2 aliphatic rings. The van der Waals surface area contributed by atoms with E-state index in [2.05, 4.69) is 47.9 Å². The van der Waals surface area contributed by atoms with Gasteiger partial charge in [-0.05, 0) is 37.8 Å². The number of hydrogen-bond acceptors (Lipinski definition) is 2. The molecule has 2 heterocycles. The van der Waals surface area contributed by atoms with E-state index in [1.165, 1.54) is 25.1 Å². The Morgan fingerprint density at radius 2 is 2.12 bits per heavy atom. The largest absolute Gasteiger partial charge is 0.312 e. The SMILES string of the molecule is CC1NCC2CCNC21Cc1ccccc1. The molecule has 3 unspecified atom stereocenters. The van der Waals surface area contributed by atoms with Gasteiger partial charge in [0.15, 0.2) is 0 Å². The fourth-order valence-corrected chi connectivity index (χ4v) is 3.47. The van der Waals surface area contributed by atoms with Crippen LogP contribution in [0.1, 0.15) is 18.9 Å². The molecule has 2 fully saturated rings. The molecule has 86 valence electrons. The van der Waals surface area contributed by atoms with E-state index in [0.717, 1.165) is 12.3 Å². The van der Waals surface area contributed by atoms with Crippen molar-refractivity contribution >= 4 is 0 Å². The Hall–Kier alpha value is -0.860. The second-order valence-electron chi connectivity index (χ2n) is 5.25. The van der Waals surface area contributed by atoms with E-state index in [1.807, 2.05) is 0 Å². The normalized spacial score (nSPS) is 37.6. The Kier molecular flexibility index (Phi) is 2.49. The van der Waals surface area contributed by atoms with Gasteiger partial charge in [-0.3, -0.25) is 0 Å². The minimum Gasteiger partial charge on any atom is -0.312 e. The molecule has 0 radical (unpaired) electrons. The summed E-state index contributed by atoms with van der Waals surface area (Å²) in [5.74, 6) is 0.808. The molecule has 1 aromatic rings. The number of rotatable bonds is 2. The van der Waals surface area contributed by atoms with E-state index in [0.29, 0.717) is 11.6 Å². The first-order valence-corrected chi connectivity index (χ1v) is 6.33. The highest BCUT2D eigenvalue weighted by Crippen LogP contribution is 2.37. The summed E-state index contributed by atoms with van der Waals surface area (Å²) in [7, 11) is 0. The van der Waals surface area contributed by atoms with Gasteiger partial charge in [0, 0.05) is 18.1 Å². The lowest BCUT2D eigenvalue weighted by molar-refractivity contribution is 0.294. The minimum absolute atomic E-state index is 0.307. The van der Waals surface area contributed by atoms with Crippen LogP contribution in [-0.2, 0) is 6.42 Å². The second kappa shape index (κ2) is 3.86. The van der Waals surface area contributed by atoms with Crippen LogP contribution in [0, 0.1) is 5.92 Å². The lowest BCUT2D eigenvalue weighted by atomic mass is 9.79. The van der Waals surface area contributed by atoms with Crippen molar-refractivity contribution in [1.82, 2.24) is 10.6 Å². The van der Waals surface area contributed by atoms with Crippen LogP contribution in [-0.4, -0.2) is 24.7 Å². The Labute approximate surface area is 97.4 Å². The molecule has 0 bridgehead atoms. The van der Waals surface area contributed by atoms with Crippen molar-refractivity contribution in [3.63, 3.8) is 0 Å². The predicted octanol–water partition coefficient (Wildman–Crippen LogP) is 1.57. The molecule has 2 nitrogen and oxygen atoms in total. The Balaban J connectivity index is 1.87. The zero-order valence-corrected chi connectivity index (χ0v) is 9.87. The first kappa shape index (κ1) is 10.3. The zero-order valence-electron chi connectivity index (χ0n) is 9.87. The summed E-state index contributed by atoms with van der Waals surface area (Å²) < 4.78 is 0. The van der Waals surface area contributed by atoms with E-state index in [-0.39, 0.29) is 0 Å². The lowest BCUT2D eigenvalue weighted by Gasteiger charge is -2.34. The first-order valence-electron chi connectivity index (χ1n) is 6.33. The van der Waals surface area contributed by atoms with E-state index in [4.69, 9.17) is 0 Å².